The Kier molecular flexibility index (Phi) is 6.59. The molecule has 1 heterocycles. The number of carbonyl (C=O) groups is 1. The van der Waals surface area contributed by atoms with Crippen LogP contribution in [0.25, 0.3) is 0 Å². The summed E-state index contributed by atoms with van der Waals surface area (Å²) < 4.78 is 10.5. The van der Waals surface area contributed by atoms with Crippen LogP contribution in [0.15, 0.2) is 53.5 Å². The number of aliphatic imine (C=N–C) groups is 1. The predicted molar refractivity (Wildman–Crippen MR) is 123 cm³/mol. The minimum atomic E-state index is -1.03. The number of rotatable bonds is 6. The zero-order chi connectivity index (χ0) is 22.8. The van der Waals surface area contributed by atoms with Gasteiger partial charge < -0.3 is 30.3 Å². The van der Waals surface area contributed by atoms with Crippen LogP contribution in [-0.2, 0) is 11.3 Å². The molecular weight excluding hydrogens is 430 g/mol. The van der Waals surface area contributed by atoms with E-state index in [4.69, 9.17) is 20.2 Å². The summed E-state index contributed by atoms with van der Waals surface area (Å²) in [7, 11) is 3.21. The first-order valence-corrected chi connectivity index (χ1v) is 11.2. The Morgan fingerprint density at radius 2 is 1.69 bits per heavy atom. The number of aliphatic hydroxyl groups excluding tert-OH is 2. The molecule has 1 saturated carbocycles. The van der Waals surface area contributed by atoms with Gasteiger partial charge >= 0.3 is 0 Å². The number of hydrogen-bond acceptors (Lipinski definition) is 7. The number of nitrogens with zero attached hydrogens (tertiary/aromatic N) is 2. The third-order valence-electron chi connectivity index (χ3n) is 5.99. The number of ether oxygens (including phenoxy) is 2. The van der Waals surface area contributed by atoms with Crippen LogP contribution in [0.1, 0.15) is 12.0 Å². The summed E-state index contributed by atoms with van der Waals surface area (Å²) in [5, 5.41) is 21.7. The average Bonchev–Trinajstić information content (AvgIpc) is 3.15. The molecule has 2 aromatic rings. The lowest BCUT2D eigenvalue weighted by atomic mass is 9.80. The van der Waals surface area contributed by atoms with E-state index in [0.717, 1.165) is 22.7 Å². The number of benzene rings is 2. The Hall–Kier alpha value is -2.75. The molecule has 1 aliphatic carbocycles. The van der Waals surface area contributed by atoms with E-state index in [1.54, 1.807) is 14.2 Å². The van der Waals surface area contributed by atoms with Crippen molar-refractivity contribution in [3.8, 4) is 11.5 Å². The molecule has 2 fully saturated rings. The molecule has 0 aromatic heterocycles. The molecule has 1 saturated heterocycles. The third-order valence-corrected chi connectivity index (χ3v) is 7.41. The summed E-state index contributed by atoms with van der Waals surface area (Å²) in [6, 6.07) is 14.5. The summed E-state index contributed by atoms with van der Waals surface area (Å²) in [6.07, 6.45) is -1.92. The van der Waals surface area contributed by atoms with E-state index in [1.807, 2.05) is 53.4 Å². The molecule has 9 heteroatoms. The first kappa shape index (κ1) is 22.4. The molecule has 8 nitrogen and oxygen atoms in total. The van der Waals surface area contributed by atoms with Gasteiger partial charge in [-0.3, -0.25) is 4.79 Å². The Morgan fingerprint density at radius 1 is 1.09 bits per heavy atom. The Morgan fingerprint density at radius 3 is 2.25 bits per heavy atom. The lowest BCUT2D eigenvalue weighted by Gasteiger charge is -2.41. The molecule has 0 bridgehead atoms. The van der Waals surface area contributed by atoms with Crippen LogP contribution in [0.2, 0.25) is 0 Å². The summed E-state index contributed by atoms with van der Waals surface area (Å²) in [4.78, 5) is 18.9. The quantitative estimate of drug-likeness (QED) is 0.606. The van der Waals surface area contributed by atoms with E-state index < -0.39 is 30.1 Å². The molecule has 4 rings (SSSR count). The number of hydrogen-bond donors (Lipinski definition) is 3. The standard InChI is InChI=1S/C23H27N3O5S/c1-30-15-7-3-13(4-8-15)12-26-19-20(28)18(27)11-17(22(24)29)21(19)32-23(26)25-14-5-9-16(31-2)10-6-14/h3-10,17-21,27-28H,11-12H2,1-2H3,(H2,24,29)/t17-,18+,19-,20-,21+/m0/s1. The highest BCUT2D eigenvalue weighted by Gasteiger charge is 2.54. The van der Waals surface area contributed by atoms with Crippen LogP contribution in [0, 0.1) is 5.92 Å². The van der Waals surface area contributed by atoms with Crippen molar-refractivity contribution in [2.75, 3.05) is 14.2 Å². The van der Waals surface area contributed by atoms with E-state index in [2.05, 4.69) is 0 Å². The maximum Gasteiger partial charge on any atom is 0.221 e. The number of fused-ring (bicyclic) bond motifs is 1. The molecule has 1 aliphatic heterocycles. The number of amidine groups is 1. The largest absolute Gasteiger partial charge is 0.497 e. The van der Waals surface area contributed by atoms with Crippen LogP contribution >= 0.6 is 11.8 Å². The van der Waals surface area contributed by atoms with Crippen molar-refractivity contribution in [3.63, 3.8) is 0 Å². The van der Waals surface area contributed by atoms with Gasteiger partial charge in [0.05, 0.1) is 38.0 Å². The second-order valence-corrected chi connectivity index (χ2v) is 9.09. The minimum Gasteiger partial charge on any atom is -0.497 e. The van der Waals surface area contributed by atoms with Crippen LogP contribution < -0.4 is 15.2 Å². The zero-order valence-electron chi connectivity index (χ0n) is 17.9. The van der Waals surface area contributed by atoms with Crippen LogP contribution in [-0.4, -0.2) is 63.9 Å². The van der Waals surface area contributed by atoms with Crippen molar-refractivity contribution >= 4 is 28.5 Å². The summed E-state index contributed by atoms with van der Waals surface area (Å²) in [6.45, 7) is 0.447. The zero-order valence-corrected chi connectivity index (χ0v) is 18.7. The van der Waals surface area contributed by atoms with Gasteiger partial charge in [-0.1, -0.05) is 23.9 Å². The van der Waals surface area contributed by atoms with Gasteiger partial charge in [0.15, 0.2) is 5.17 Å². The molecule has 0 spiro atoms. The number of carbonyl (C=O) groups excluding carboxylic acids is 1. The molecule has 0 unspecified atom stereocenters. The highest BCUT2D eigenvalue weighted by molar-refractivity contribution is 8.14. The Balaban J connectivity index is 1.71. The van der Waals surface area contributed by atoms with Crippen molar-refractivity contribution in [1.29, 1.82) is 0 Å². The van der Waals surface area contributed by atoms with E-state index >= 15 is 0 Å². The second kappa shape index (κ2) is 9.40. The van der Waals surface area contributed by atoms with E-state index in [0.29, 0.717) is 11.7 Å². The number of amides is 1. The van der Waals surface area contributed by atoms with Crippen LogP contribution in [0.5, 0.6) is 11.5 Å². The summed E-state index contributed by atoms with van der Waals surface area (Å²) in [5.74, 6) is 0.430. The van der Waals surface area contributed by atoms with Crippen molar-refractivity contribution in [2.45, 2.75) is 36.5 Å². The molecule has 0 radical (unpaired) electrons. The molecule has 1 amide bonds. The molecule has 5 atom stereocenters. The van der Waals surface area contributed by atoms with E-state index in [-0.39, 0.29) is 11.7 Å². The fourth-order valence-corrected chi connectivity index (χ4v) is 5.84. The second-order valence-electron chi connectivity index (χ2n) is 7.94. The Labute approximate surface area is 191 Å². The van der Waals surface area contributed by atoms with E-state index in [1.165, 1.54) is 11.8 Å². The van der Waals surface area contributed by atoms with Gasteiger partial charge in [0, 0.05) is 11.8 Å². The average molecular weight is 458 g/mol. The van der Waals surface area contributed by atoms with Crippen LogP contribution in [0.3, 0.4) is 0 Å². The van der Waals surface area contributed by atoms with Crippen molar-refractivity contribution in [1.82, 2.24) is 4.90 Å². The first-order chi connectivity index (χ1) is 15.4. The third kappa shape index (κ3) is 4.41. The van der Waals surface area contributed by atoms with Gasteiger partial charge in [0.25, 0.3) is 0 Å². The Bertz CT molecular complexity index is 982. The maximum absolute atomic E-state index is 12.2. The fraction of sp³-hybridized carbons (Fsp3) is 0.391. The number of thioether (sulfide) groups is 1. The molecular formula is C23H27N3O5S. The van der Waals surface area contributed by atoms with Gasteiger partial charge in [-0.25, -0.2) is 4.99 Å². The maximum atomic E-state index is 12.2. The number of methoxy groups -OCH3 is 2. The molecule has 2 aromatic carbocycles. The number of primary amides is 1. The highest BCUT2D eigenvalue weighted by atomic mass is 32.2. The molecule has 32 heavy (non-hydrogen) atoms. The van der Waals surface area contributed by atoms with Crippen molar-refractivity contribution in [2.24, 2.45) is 16.6 Å². The first-order valence-electron chi connectivity index (χ1n) is 10.4. The van der Waals surface area contributed by atoms with Gasteiger partial charge in [0.1, 0.15) is 17.6 Å². The molecule has 2 aliphatic rings. The smallest absolute Gasteiger partial charge is 0.221 e. The lowest BCUT2D eigenvalue weighted by Crippen LogP contribution is -2.58. The van der Waals surface area contributed by atoms with Crippen molar-refractivity contribution in [3.05, 3.63) is 54.1 Å². The summed E-state index contributed by atoms with van der Waals surface area (Å²) >= 11 is 1.42. The normalized spacial score (nSPS) is 28.4. The van der Waals surface area contributed by atoms with Crippen LogP contribution in [0.4, 0.5) is 5.69 Å². The SMILES string of the molecule is COc1ccc(CN2C(=Nc3ccc(OC)cc3)S[C@H]3[C@@H]2[C@@H](O)[C@H](O)C[C@@H]3C(N)=O)cc1. The van der Waals surface area contributed by atoms with Gasteiger partial charge in [0.2, 0.25) is 5.91 Å². The van der Waals surface area contributed by atoms with E-state index in [9.17, 15) is 15.0 Å². The monoisotopic (exact) mass is 457 g/mol. The molecule has 170 valence electrons. The summed E-state index contributed by atoms with van der Waals surface area (Å²) in [5.41, 5.74) is 7.36. The number of aliphatic hydroxyl groups is 2. The lowest BCUT2D eigenvalue weighted by molar-refractivity contribution is -0.128. The number of nitrogens with two attached hydrogens (primary N) is 1. The highest BCUT2D eigenvalue weighted by Crippen LogP contribution is 2.45. The topological polar surface area (TPSA) is 118 Å². The van der Waals surface area contributed by atoms with Gasteiger partial charge in [-0.2, -0.15) is 0 Å². The predicted octanol–water partition coefficient (Wildman–Crippen LogP) is 1.90. The van der Waals surface area contributed by atoms with Crippen molar-refractivity contribution < 1.29 is 24.5 Å². The minimum absolute atomic E-state index is 0.136. The van der Waals surface area contributed by atoms with Gasteiger partial charge in [-0.05, 0) is 48.4 Å². The van der Waals surface area contributed by atoms with Gasteiger partial charge in [-0.15, -0.1) is 0 Å². The fourth-order valence-electron chi connectivity index (χ4n) is 4.26. The molecule has 4 N–H and O–H groups in total.